The van der Waals surface area contributed by atoms with E-state index < -0.39 is 0 Å². The Labute approximate surface area is 187 Å². The summed E-state index contributed by atoms with van der Waals surface area (Å²) in [5.74, 6) is 0.936. The predicted molar refractivity (Wildman–Crippen MR) is 123 cm³/mol. The second kappa shape index (κ2) is 7.62. The SMILES string of the molecule is CCc1ccc([C@H]2Oc3ccc(Br)cc3[C@@H]3CC(c4ccc(Br)cc4)=NN23)cc1. The van der Waals surface area contributed by atoms with Gasteiger partial charge in [0.15, 0.2) is 0 Å². The molecular formula is C24H20Br2N2O. The molecule has 2 aliphatic heterocycles. The number of halogens is 2. The Hall–Kier alpha value is -2.11. The molecule has 3 aromatic carbocycles. The van der Waals surface area contributed by atoms with Crippen LogP contribution in [0.1, 0.15) is 47.9 Å². The molecule has 2 atom stereocenters. The summed E-state index contributed by atoms with van der Waals surface area (Å²) in [4.78, 5) is 0. The third-order valence-corrected chi connectivity index (χ3v) is 6.62. The molecule has 0 aliphatic carbocycles. The maximum atomic E-state index is 6.45. The van der Waals surface area contributed by atoms with Gasteiger partial charge in [0.05, 0.1) is 11.8 Å². The van der Waals surface area contributed by atoms with Gasteiger partial charge in [-0.2, -0.15) is 5.10 Å². The second-order valence-electron chi connectivity index (χ2n) is 7.40. The van der Waals surface area contributed by atoms with Crippen molar-refractivity contribution in [1.82, 2.24) is 5.01 Å². The van der Waals surface area contributed by atoms with Crippen molar-refractivity contribution in [3.8, 4) is 5.75 Å². The van der Waals surface area contributed by atoms with Crippen LogP contribution in [0.5, 0.6) is 5.75 Å². The number of benzene rings is 3. The zero-order chi connectivity index (χ0) is 20.0. The third-order valence-electron chi connectivity index (χ3n) is 5.60. The van der Waals surface area contributed by atoms with Gasteiger partial charge < -0.3 is 4.74 Å². The summed E-state index contributed by atoms with van der Waals surface area (Å²) >= 11 is 7.14. The fraction of sp³-hybridized carbons (Fsp3) is 0.208. The van der Waals surface area contributed by atoms with Crippen molar-refractivity contribution in [2.24, 2.45) is 5.10 Å². The van der Waals surface area contributed by atoms with Gasteiger partial charge in [-0.05, 0) is 47.9 Å². The summed E-state index contributed by atoms with van der Waals surface area (Å²) < 4.78 is 8.59. The Kier molecular flexibility index (Phi) is 4.96. The van der Waals surface area contributed by atoms with E-state index in [4.69, 9.17) is 9.84 Å². The molecule has 146 valence electrons. The predicted octanol–water partition coefficient (Wildman–Crippen LogP) is 7.02. The monoisotopic (exact) mass is 510 g/mol. The van der Waals surface area contributed by atoms with Gasteiger partial charge in [-0.3, -0.25) is 0 Å². The van der Waals surface area contributed by atoms with Crippen molar-refractivity contribution in [1.29, 1.82) is 0 Å². The number of fused-ring (bicyclic) bond motifs is 3. The Morgan fingerprint density at radius 3 is 2.41 bits per heavy atom. The summed E-state index contributed by atoms with van der Waals surface area (Å²) in [6, 6.07) is 23.5. The zero-order valence-corrected chi connectivity index (χ0v) is 19.2. The van der Waals surface area contributed by atoms with Crippen LogP contribution in [0.4, 0.5) is 0 Å². The lowest BCUT2D eigenvalue weighted by Crippen LogP contribution is -2.33. The van der Waals surface area contributed by atoms with Crippen LogP contribution in [0, 0.1) is 0 Å². The number of hydrogen-bond acceptors (Lipinski definition) is 3. The first-order valence-corrected chi connectivity index (χ1v) is 11.4. The molecule has 0 bridgehead atoms. The van der Waals surface area contributed by atoms with Crippen LogP contribution in [0.25, 0.3) is 0 Å². The summed E-state index contributed by atoms with van der Waals surface area (Å²) in [6.07, 6.45) is 1.66. The summed E-state index contributed by atoms with van der Waals surface area (Å²) in [6.45, 7) is 2.17. The minimum Gasteiger partial charge on any atom is -0.464 e. The highest BCUT2D eigenvalue weighted by Crippen LogP contribution is 2.48. The first kappa shape index (κ1) is 18.9. The molecule has 0 amide bonds. The van der Waals surface area contributed by atoms with Crippen molar-refractivity contribution in [2.75, 3.05) is 0 Å². The molecule has 0 spiro atoms. The standard InChI is InChI=1S/C24H20Br2N2O/c1-2-15-3-5-17(6-4-15)24-28-22(20-13-19(26)11-12-23(20)29-24)14-21(27-28)16-7-9-18(25)10-8-16/h3-13,22,24H,2,14H2,1H3/t22-,24+/m0/s1. The van der Waals surface area contributed by atoms with Crippen LogP contribution >= 0.6 is 31.9 Å². The number of hydrazone groups is 1. The van der Waals surface area contributed by atoms with Gasteiger partial charge in [0.25, 0.3) is 0 Å². The van der Waals surface area contributed by atoms with E-state index in [1.807, 2.05) is 6.07 Å². The zero-order valence-electron chi connectivity index (χ0n) is 16.0. The largest absolute Gasteiger partial charge is 0.464 e. The summed E-state index contributed by atoms with van der Waals surface area (Å²) in [5, 5.41) is 7.17. The van der Waals surface area contributed by atoms with Crippen LogP contribution < -0.4 is 4.74 Å². The van der Waals surface area contributed by atoms with Crippen molar-refractivity contribution in [3.63, 3.8) is 0 Å². The van der Waals surface area contributed by atoms with Crippen LogP contribution in [0.15, 0.2) is 80.8 Å². The molecule has 3 aromatic rings. The number of rotatable bonds is 3. The normalized spacial score (nSPS) is 20.0. The lowest BCUT2D eigenvalue weighted by atomic mass is 9.96. The molecule has 0 unspecified atom stereocenters. The molecule has 5 heteroatoms. The van der Waals surface area contributed by atoms with E-state index in [0.29, 0.717) is 0 Å². The first-order chi connectivity index (χ1) is 14.1. The summed E-state index contributed by atoms with van der Waals surface area (Å²) in [5.41, 5.74) is 5.87. The molecule has 0 aromatic heterocycles. The molecular weight excluding hydrogens is 492 g/mol. The molecule has 5 rings (SSSR count). The van der Waals surface area contributed by atoms with Gasteiger partial charge in [0, 0.05) is 26.5 Å². The minimum absolute atomic E-state index is 0.158. The quantitative estimate of drug-likeness (QED) is 0.377. The molecule has 0 N–H and O–H groups in total. The van der Waals surface area contributed by atoms with Crippen molar-refractivity contribution >= 4 is 37.6 Å². The lowest BCUT2D eigenvalue weighted by Gasteiger charge is -2.38. The molecule has 0 saturated heterocycles. The lowest BCUT2D eigenvalue weighted by molar-refractivity contribution is -0.0190. The van der Waals surface area contributed by atoms with Crippen LogP contribution in [-0.2, 0) is 6.42 Å². The van der Waals surface area contributed by atoms with Gasteiger partial charge in [0.1, 0.15) is 5.75 Å². The van der Waals surface area contributed by atoms with E-state index in [-0.39, 0.29) is 12.3 Å². The molecule has 0 saturated carbocycles. The van der Waals surface area contributed by atoms with E-state index in [0.717, 1.165) is 44.4 Å². The number of nitrogens with zero attached hydrogens (tertiary/aromatic N) is 2. The van der Waals surface area contributed by atoms with Crippen LogP contribution in [0.2, 0.25) is 0 Å². The van der Waals surface area contributed by atoms with Gasteiger partial charge in [-0.15, -0.1) is 0 Å². The van der Waals surface area contributed by atoms with Crippen molar-refractivity contribution < 1.29 is 4.74 Å². The average molecular weight is 512 g/mol. The Bertz CT molecular complexity index is 1080. The highest BCUT2D eigenvalue weighted by Gasteiger charge is 2.41. The Morgan fingerprint density at radius 1 is 0.966 bits per heavy atom. The Balaban J connectivity index is 1.58. The highest BCUT2D eigenvalue weighted by atomic mass is 79.9. The van der Waals surface area contributed by atoms with E-state index in [1.165, 1.54) is 11.1 Å². The summed E-state index contributed by atoms with van der Waals surface area (Å²) in [7, 11) is 0. The Morgan fingerprint density at radius 2 is 1.69 bits per heavy atom. The highest BCUT2D eigenvalue weighted by molar-refractivity contribution is 9.10. The van der Waals surface area contributed by atoms with E-state index >= 15 is 0 Å². The molecule has 3 nitrogen and oxygen atoms in total. The topological polar surface area (TPSA) is 24.8 Å². The molecule has 2 aliphatic rings. The molecule has 2 heterocycles. The minimum atomic E-state index is -0.229. The maximum absolute atomic E-state index is 6.45. The first-order valence-electron chi connectivity index (χ1n) is 9.79. The van der Waals surface area contributed by atoms with E-state index in [1.54, 1.807) is 0 Å². The molecule has 0 fully saturated rings. The second-order valence-corrected chi connectivity index (χ2v) is 9.23. The van der Waals surface area contributed by atoms with E-state index in [9.17, 15) is 0 Å². The van der Waals surface area contributed by atoms with Gasteiger partial charge >= 0.3 is 0 Å². The third kappa shape index (κ3) is 3.51. The number of hydrogen-bond donors (Lipinski definition) is 0. The number of ether oxygens (including phenoxy) is 1. The van der Waals surface area contributed by atoms with E-state index in [2.05, 4.69) is 104 Å². The molecule has 29 heavy (non-hydrogen) atoms. The van der Waals surface area contributed by atoms with Gasteiger partial charge in [-0.1, -0.05) is 75.2 Å². The fourth-order valence-corrected chi connectivity index (χ4v) is 4.66. The molecule has 0 radical (unpaired) electrons. The van der Waals surface area contributed by atoms with Crippen molar-refractivity contribution in [3.05, 3.63) is 97.9 Å². The van der Waals surface area contributed by atoms with Crippen molar-refractivity contribution in [2.45, 2.75) is 32.0 Å². The average Bonchev–Trinajstić information content (AvgIpc) is 3.20. The van der Waals surface area contributed by atoms with Crippen LogP contribution in [-0.4, -0.2) is 10.7 Å². The number of aryl methyl sites for hydroxylation is 1. The fourth-order valence-electron chi connectivity index (χ4n) is 4.01. The maximum Gasteiger partial charge on any atom is 0.213 e. The van der Waals surface area contributed by atoms with Crippen LogP contribution in [0.3, 0.4) is 0 Å². The van der Waals surface area contributed by atoms with Gasteiger partial charge in [0.2, 0.25) is 6.23 Å². The van der Waals surface area contributed by atoms with Gasteiger partial charge in [-0.25, -0.2) is 5.01 Å². The smallest absolute Gasteiger partial charge is 0.213 e.